The van der Waals surface area contributed by atoms with Gasteiger partial charge in [0.15, 0.2) is 6.61 Å². The molecule has 3 aromatic rings. The van der Waals surface area contributed by atoms with Crippen molar-refractivity contribution in [3.63, 3.8) is 0 Å². The first-order valence-electron chi connectivity index (χ1n) is 9.01. The molecule has 0 spiro atoms. The van der Waals surface area contributed by atoms with Gasteiger partial charge in [-0.05, 0) is 47.5 Å². The molecule has 2 N–H and O–H groups in total. The van der Waals surface area contributed by atoms with E-state index in [1.165, 1.54) is 24.3 Å². The monoisotopic (exact) mass is 391 g/mol. The number of benzene rings is 3. The maximum Gasteiger partial charge on any atom is 0.338 e. The van der Waals surface area contributed by atoms with Crippen molar-refractivity contribution >= 4 is 11.9 Å². The maximum absolute atomic E-state index is 12.5. The minimum absolute atomic E-state index is 0.0458. The van der Waals surface area contributed by atoms with E-state index in [1.807, 2.05) is 54.6 Å². The van der Waals surface area contributed by atoms with Crippen LogP contribution in [0.2, 0.25) is 0 Å². The number of carbonyl (C=O) groups excluding carboxylic acids is 2. The predicted octanol–water partition coefficient (Wildman–Crippen LogP) is 3.46. The highest BCUT2D eigenvalue weighted by molar-refractivity contribution is 5.91. The number of nitrogens with one attached hydrogen (secondary N) is 1. The van der Waals surface area contributed by atoms with Crippen molar-refractivity contribution in [2.45, 2.75) is 6.04 Å². The van der Waals surface area contributed by atoms with E-state index >= 15 is 0 Å². The van der Waals surface area contributed by atoms with Crippen molar-refractivity contribution in [3.05, 3.63) is 95.6 Å². The highest BCUT2D eigenvalue weighted by Crippen LogP contribution is 2.24. The number of carbonyl (C=O) groups is 2. The number of aromatic hydroxyl groups is 1. The number of hydrogen-bond acceptors (Lipinski definition) is 5. The Balaban J connectivity index is 1.69. The van der Waals surface area contributed by atoms with E-state index in [2.05, 4.69) is 5.32 Å². The smallest absolute Gasteiger partial charge is 0.338 e. The van der Waals surface area contributed by atoms with E-state index in [0.717, 1.165) is 16.9 Å². The van der Waals surface area contributed by atoms with Crippen LogP contribution in [0.15, 0.2) is 78.9 Å². The van der Waals surface area contributed by atoms with Gasteiger partial charge in [0.1, 0.15) is 11.5 Å². The number of amides is 1. The van der Waals surface area contributed by atoms with Gasteiger partial charge < -0.3 is 19.9 Å². The number of phenolic OH excluding ortho intramolecular Hbond substituents is 1. The van der Waals surface area contributed by atoms with Crippen molar-refractivity contribution in [2.24, 2.45) is 0 Å². The van der Waals surface area contributed by atoms with Crippen molar-refractivity contribution in [1.82, 2.24) is 5.32 Å². The van der Waals surface area contributed by atoms with Crippen LogP contribution in [-0.4, -0.2) is 30.7 Å². The molecule has 0 aromatic heterocycles. The van der Waals surface area contributed by atoms with Crippen molar-refractivity contribution in [2.75, 3.05) is 13.7 Å². The van der Waals surface area contributed by atoms with Gasteiger partial charge in [0, 0.05) is 0 Å². The summed E-state index contributed by atoms with van der Waals surface area (Å²) in [6, 6.07) is 22.1. The number of phenols is 1. The quantitative estimate of drug-likeness (QED) is 0.603. The molecule has 0 fully saturated rings. The van der Waals surface area contributed by atoms with Crippen molar-refractivity contribution < 1.29 is 24.2 Å². The Hall–Kier alpha value is -3.80. The summed E-state index contributed by atoms with van der Waals surface area (Å²) in [7, 11) is 1.59. The maximum atomic E-state index is 12.5. The van der Waals surface area contributed by atoms with Gasteiger partial charge in [0.25, 0.3) is 5.91 Å². The van der Waals surface area contributed by atoms with Gasteiger partial charge in [-0.2, -0.15) is 0 Å². The molecule has 1 amide bonds. The van der Waals surface area contributed by atoms with Crippen molar-refractivity contribution in [1.29, 1.82) is 0 Å². The fourth-order valence-corrected chi connectivity index (χ4v) is 2.82. The first-order chi connectivity index (χ1) is 14.1. The van der Waals surface area contributed by atoms with Gasteiger partial charge in [-0.3, -0.25) is 4.79 Å². The molecule has 29 heavy (non-hydrogen) atoms. The lowest BCUT2D eigenvalue weighted by molar-refractivity contribution is -0.124. The van der Waals surface area contributed by atoms with E-state index in [9.17, 15) is 14.7 Å². The van der Waals surface area contributed by atoms with Crippen molar-refractivity contribution in [3.8, 4) is 11.5 Å². The standard InChI is InChI=1S/C23H21NO5/c1-28-20-13-9-17(10-14-20)22(16-5-3-2-4-6-16)24-21(26)15-29-23(27)18-7-11-19(25)12-8-18/h2-14,22,25H,15H2,1H3,(H,24,26)/t22-/m1/s1. The lowest BCUT2D eigenvalue weighted by Gasteiger charge is -2.20. The molecule has 6 heteroatoms. The summed E-state index contributed by atoms with van der Waals surface area (Å²) in [4.78, 5) is 24.5. The number of hydrogen-bond donors (Lipinski definition) is 2. The zero-order valence-electron chi connectivity index (χ0n) is 15.9. The van der Waals surface area contributed by atoms with Gasteiger partial charge in [0.2, 0.25) is 0 Å². The van der Waals surface area contributed by atoms with Gasteiger partial charge in [-0.25, -0.2) is 4.79 Å². The third-order valence-corrected chi connectivity index (χ3v) is 4.32. The topological polar surface area (TPSA) is 84.9 Å². The second-order valence-corrected chi connectivity index (χ2v) is 6.31. The normalized spacial score (nSPS) is 11.3. The molecule has 3 aromatic carbocycles. The molecular weight excluding hydrogens is 370 g/mol. The van der Waals surface area contributed by atoms with Crippen LogP contribution in [0.1, 0.15) is 27.5 Å². The molecule has 0 aliphatic rings. The second-order valence-electron chi connectivity index (χ2n) is 6.31. The third kappa shape index (κ3) is 5.35. The summed E-state index contributed by atoms with van der Waals surface area (Å²) in [6.45, 7) is -0.417. The van der Waals surface area contributed by atoms with E-state index in [4.69, 9.17) is 9.47 Å². The van der Waals surface area contributed by atoms with Gasteiger partial charge in [-0.1, -0.05) is 42.5 Å². The van der Waals surface area contributed by atoms with E-state index < -0.39 is 24.5 Å². The molecule has 0 saturated heterocycles. The van der Waals surface area contributed by atoms with Crippen LogP contribution in [0.25, 0.3) is 0 Å². The molecule has 0 radical (unpaired) electrons. The van der Waals surface area contributed by atoms with Crippen LogP contribution in [0.3, 0.4) is 0 Å². The van der Waals surface area contributed by atoms with Gasteiger partial charge in [0.05, 0.1) is 18.7 Å². The van der Waals surface area contributed by atoms with E-state index in [-0.39, 0.29) is 11.3 Å². The Bertz CT molecular complexity index is 953. The zero-order valence-corrected chi connectivity index (χ0v) is 15.9. The first kappa shape index (κ1) is 19.9. The molecule has 6 nitrogen and oxygen atoms in total. The fourth-order valence-electron chi connectivity index (χ4n) is 2.82. The van der Waals surface area contributed by atoms with Gasteiger partial charge in [-0.15, -0.1) is 0 Å². The number of rotatable bonds is 7. The van der Waals surface area contributed by atoms with Crippen LogP contribution in [-0.2, 0) is 9.53 Å². The molecular formula is C23H21NO5. The molecule has 0 heterocycles. The molecule has 3 rings (SSSR count). The Labute approximate surface area is 168 Å². The molecule has 1 atom stereocenters. The summed E-state index contributed by atoms with van der Waals surface area (Å²) < 4.78 is 10.3. The highest BCUT2D eigenvalue weighted by Gasteiger charge is 2.18. The zero-order chi connectivity index (χ0) is 20.6. The van der Waals surface area contributed by atoms with Crippen LogP contribution in [0.4, 0.5) is 0 Å². The summed E-state index contributed by atoms with van der Waals surface area (Å²) in [6.07, 6.45) is 0. The van der Waals surface area contributed by atoms with Crippen LogP contribution in [0, 0.1) is 0 Å². The lowest BCUT2D eigenvalue weighted by Crippen LogP contribution is -2.33. The number of ether oxygens (including phenoxy) is 2. The molecule has 0 aliphatic carbocycles. The third-order valence-electron chi connectivity index (χ3n) is 4.32. The summed E-state index contributed by atoms with van der Waals surface area (Å²) in [5.74, 6) is -0.304. The van der Waals surface area contributed by atoms with Crippen LogP contribution in [0.5, 0.6) is 11.5 Å². The Morgan fingerprint density at radius 2 is 1.52 bits per heavy atom. The number of methoxy groups -OCH3 is 1. The average molecular weight is 391 g/mol. The molecule has 0 aliphatic heterocycles. The largest absolute Gasteiger partial charge is 0.508 e. The predicted molar refractivity (Wildman–Crippen MR) is 108 cm³/mol. The first-order valence-corrected chi connectivity index (χ1v) is 9.01. The number of esters is 1. The fraction of sp³-hybridized carbons (Fsp3) is 0.130. The van der Waals surface area contributed by atoms with Gasteiger partial charge >= 0.3 is 5.97 Å². The van der Waals surface area contributed by atoms with Crippen LogP contribution < -0.4 is 10.1 Å². The summed E-state index contributed by atoms with van der Waals surface area (Å²) in [5, 5.41) is 12.2. The Morgan fingerprint density at radius 1 is 0.897 bits per heavy atom. The average Bonchev–Trinajstić information content (AvgIpc) is 2.77. The Morgan fingerprint density at radius 3 is 2.14 bits per heavy atom. The molecule has 0 saturated carbocycles. The second kappa shape index (κ2) is 9.41. The molecule has 148 valence electrons. The van der Waals surface area contributed by atoms with Crippen LogP contribution >= 0.6 is 0 Å². The molecule has 0 unspecified atom stereocenters. The van der Waals surface area contributed by atoms with E-state index in [0.29, 0.717) is 0 Å². The lowest BCUT2D eigenvalue weighted by atomic mass is 9.98. The van der Waals surface area contributed by atoms with E-state index in [1.54, 1.807) is 7.11 Å². The minimum Gasteiger partial charge on any atom is -0.508 e. The SMILES string of the molecule is COc1ccc([C@H](NC(=O)COC(=O)c2ccc(O)cc2)c2ccccc2)cc1. The summed E-state index contributed by atoms with van der Waals surface area (Å²) in [5.41, 5.74) is 2.02. The minimum atomic E-state index is -0.638. The highest BCUT2D eigenvalue weighted by atomic mass is 16.5. The summed E-state index contributed by atoms with van der Waals surface area (Å²) >= 11 is 0. The molecule has 0 bridgehead atoms. The Kier molecular flexibility index (Phi) is 6.47.